The molecule has 0 radical (unpaired) electrons. The van der Waals surface area contributed by atoms with Gasteiger partial charge >= 0.3 is 7.80 Å². The van der Waals surface area contributed by atoms with E-state index in [-0.39, 0.29) is 18.2 Å². The van der Waals surface area contributed by atoms with Crippen molar-refractivity contribution < 1.29 is 14.2 Å². The third kappa shape index (κ3) is 8.03. The van der Waals surface area contributed by atoms with Gasteiger partial charge < -0.3 is 5.32 Å². The zero-order valence-corrected chi connectivity index (χ0v) is 9.68. The number of rotatable bonds is 7. The number of nitrogens with two attached hydrogens (primary N) is 1. The molecule has 15 heavy (non-hydrogen) atoms. The van der Waals surface area contributed by atoms with E-state index in [0.717, 1.165) is 0 Å². The van der Waals surface area contributed by atoms with Crippen LogP contribution in [0.15, 0.2) is 0 Å². The van der Waals surface area contributed by atoms with E-state index in [4.69, 9.17) is 5.84 Å². The molecule has 0 saturated carbocycles. The highest BCUT2D eigenvalue weighted by atomic mass is 31.1. The van der Waals surface area contributed by atoms with Crippen molar-refractivity contribution in [2.24, 2.45) is 5.84 Å². The quantitative estimate of drug-likeness (QED) is 0.244. The van der Waals surface area contributed by atoms with Crippen molar-refractivity contribution >= 4 is 19.6 Å². The van der Waals surface area contributed by atoms with Crippen LogP contribution in [0.4, 0.5) is 0 Å². The normalized spacial score (nSPS) is 10.7. The smallest absolute Gasteiger partial charge is 0.341 e. The lowest BCUT2D eigenvalue weighted by molar-refractivity contribution is -0.121. The molecule has 4 N–H and O–H groups in total. The van der Waals surface area contributed by atoms with E-state index < -0.39 is 7.80 Å². The molecule has 0 bridgehead atoms. The lowest BCUT2D eigenvalue weighted by Crippen LogP contribution is -2.30. The lowest BCUT2D eigenvalue weighted by Gasteiger charge is -1.97. The first-order valence-corrected chi connectivity index (χ1v) is 6.41. The van der Waals surface area contributed by atoms with Crippen LogP contribution in [0.5, 0.6) is 0 Å². The monoisotopic (exact) mass is 234 g/mol. The van der Waals surface area contributed by atoms with Gasteiger partial charge in [0.25, 0.3) is 0 Å². The fourth-order valence-corrected chi connectivity index (χ4v) is 1.89. The van der Waals surface area contributed by atoms with Crippen molar-refractivity contribution in [2.75, 3.05) is 18.9 Å². The molecule has 6 nitrogen and oxygen atoms in total. The Morgan fingerprint density at radius 3 is 2.47 bits per heavy atom. The van der Waals surface area contributed by atoms with Crippen LogP contribution in [0.1, 0.15) is 19.8 Å². The summed E-state index contributed by atoms with van der Waals surface area (Å²) in [7, 11) is -1.44. The number of carbonyl (C=O) groups is 2. The second-order valence-electron chi connectivity index (χ2n) is 2.95. The van der Waals surface area contributed by atoms with Crippen molar-refractivity contribution in [3.8, 4) is 0 Å². The van der Waals surface area contributed by atoms with E-state index >= 15 is 0 Å². The highest BCUT2D eigenvalue weighted by Crippen LogP contribution is 2.19. The van der Waals surface area contributed by atoms with E-state index in [9.17, 15) is 14.2 Å². The highest BCUT2D eigenvalue weighted by Gasteiger charge is 2.16. The molecule has 0 aromatic heterocycles. The van der Waals surface area contributed by atoms with Crippen LogP contribution in [0.2, 0.25) is 0 Å². The molecule has 0 aliphatic heterocycles. The summed E-state index contributed by atoms with van der Waals surface area (Å²) >= 11 is 0. The van der Waals surface area contributed by atoms with Crippen molar-refractivity contribution in [3.05, 3.63) is 0 Å². The minimum Gasteiger partial charge on any atom is -0.352 e. The first-order valence-electron chi connectivity index (χ1n) is 4.78. The number of hydrogen-bond acceptors (Lipinski definition) is 4. The van der Waals surface area contributed by atoms with Gasteiger partial charge in [0.2, 0.25) is 11.8 Å². The predicted molar refractivity (Wildman–Crippen MR) is 57.6 cm³/mol. The highest BCUT2D eigenvalue weighted by molar-refractivity contribution is 7.44. The van der Waals surface area contributed by atoms with Crippen LogP contribution in [-0.4, -0.2) is 30.7 Å². The molecule has 0 aliphatic carbocycles. The molecule has 0 aromatic carbocycles. The van der Waals surface area contributed by atoms with Gasteiger partial charge in [0.15, 0.2) is 12.3 Å². The summed E-state index contributed by atoms with van der Waals surface area (Å²) in [5, 5.41) is 2.62. The second-order valence-corrected chi connectivity index (χ2v) is 4.81. The van der Waals surface area contributed by atoms with Crippen molar-refractivity contribution in [3.63, 3.8) is 0 Å². The van der Waals surface area contributed by atoms with Gasteiger partial charge in [-0.1, -0.05) is 11.5 Å². The maximum absolute atomic E-state index is 11.3. The Morgan fingerprint density at radius 2 is 1.93 bits per heavy atom. The molecule has 86 valence electrons. The van der Waals surface area contributed by atoms with Gasteiger partial charge in [0.05, 0.1) is 13.0 Å². The summed E-state index contributed by atoms with van der Waals surface area (Å²) in [6.45, 7) is 2.15. The molecule has 0 fully saturated rings. The van der Waals surface area contributed by atoms with Crippen LogP contribution in [-0.2, 0) is 14.2 Å². The Kier molecular flexibility index (Phi) is 7.77. The van der Waals surface area contributed by atoms with Crippen molar-refractivity contribution in [2.45, 2.75) is 19.8 Å². The maximum atomic E-state index is 11.3. The van der Waals surface area contributed by atoms with E-state index in [1.807, 2.05) is 5.43 Å². The van der Waals surface area contributed by atoms with Gasteiger partial charge in [-0.05, 0) is 0 Å². The predicted octanol–water partition coefficient (Wildman–Crippen LogP) is -0.280. The average molecular weight is 234 g/mol. The number of hydrazine groups is 1. The number of hydrogen-bond donors (Lipinski definition) is 3. The van der Waals surface area contributed by atoms with Gasteiger partial charge in [-0.25, -0.2) is 5.84 Å². The van der Waals surface area contributed by atoms with E-state index in [2.05, 4.69) is 5.32 Å². The molecule has 0 saturated heterocycles. The van der Waals surface area contributed by atoms with Crippen LogP contribution < -0.4 is 16.6 Å². The van der Waals surface area contributed by atoms with Crippen molar-refractivity contribution in [1.82, 2.24) is 10.7 Å². The summed E-state index contributed by atoms with van der Waals surface area (Å²) in [4.78, 5) is 21.5. The zero-order chi connectivity index (χ0) is 11.7. The van der Waals surface area contributed by atoms with Crippen LogP contribution in [0.3, 0.4) is 0 Å². The van der Waals surface area contributed by atoms with Crippen LogP contribution >= 0.6 is 7.80 Å². The third-order valence-electron chi connectivity index (χ3n) is 1.75. The Morgan fingerprint density at radius 1 is 1.27 bits per heavy atom. The number of nitrogens with one attached hydrogen (secondary N) is 2. The third-order valence-corrected chi connectivity index (χ3v) is 3.20. The average Bonchev–Trinajstić information content (AvgIpc) is 2.25. The first-order chi connectivity index (χ1) is 7.10. The van der Waals surface area contributed by atoms with Gasteiger partial charge in [-0.2, -0.15) is 0 Å². The van der Waals surface area contributed by atoms with Gasteiger partial charge in [0.1, 0.15) is 0 Å². The molecule has 0 spiro atoms. The van der Waals surface area contributed by atoms with E-state index in [1.54, 1.807) is 6.92 Å². The minimum absolute atomic E-state index is 0.0573. The number of amides is 2. The first kappa shape index (κ1) is 14.0. The molecular formula is C8H17N3O3P+. The lowest BCUT2D eigenvalue weighted by atomic mass is 10.4. The molecule has 0 heterocycles. The van der Waals surface area contributed by atoms with Gasteiger partial charge in [-0.3, -0.25) is 15.0 Å². The topological polar surface area (TPSA) is 101 Å². The largest absolute Gasteiger partial charge is 0.352 e. The van der Waals surface area contributed by atoms with E-state index in [0.29, 0.717) is 25.3 Å². The number of carbonyl (C=O) groups excluding carboxylic acids is 2. The molecule has 1 unspecified atom stereocenters. The Hall–Kier alpha value is -1.00. The summed E-state index contributed by atoms with van der Waals surface area (Å²) < 4.78 is 11.3. The minimum atomic E-state index is -1.44. The Bertz CT molecular complexity index is 245. The molecule has 0 aromatic rings. The van der Waals surface area contributed by atoms with Gasteiger partial charge in [-0.15, -0.1) is 0 Å². The molecule has 2 amide bonds. The van der Waals surface area contributed by atoms with Gasteiger partial charge in [0, 0.05) is 6.42 Å². The molecule has 1 atom stereocenters. The molecule has 0 aliphatic rings. The summed E-state index contributed by atoms with van der Waals surface area (Å²) in [6.07, 6.45) is 1.29. The summed E-state index contributed by atoms with van der Waals surface area (Å²) in [5.74, 6) is 4.48. The van der Waals surface area contributed by atoms with Crippen LogP contribution in [0.25, 0.3) is 0 Å². The SMILES string of the molecule is CCC(=O)NCC[P+](=O)CCC(=O)NN. The summed E-state index contributed by atoms with van der Waals surface area (Å²) in [5.41, 5.74) is 1.97. The second kappa shape index (κ2) is 8.32. The Balaban J connectivity index is 3.49. The fourth-order valence-electron chi connectivity index (χ4n) is 0.855. The van der Waals surface area contributed by atoms with E-state index in [1.165, 1.54) is 0 Å². The van der Waals surface area contributed by atoms with Crippen molar-refractivity contribution in [1.29, 1.82) is 0 Å². The fraction of sp³-hybridized carbons (Fsp3) is 0.750. The Labute approximate surface area is 89.7 Å². The molecular weight excluding hydrogens is 217 g/mol. The maximum Gasteiger partial charge on any atom is 0.341 e. The zero-order valence-electron chi connectivity index (χ0n) is 8.78. The van der Waals surface area contributed by atoms with Crippen LogP contribution in [0, 0.1) is 0 Å². The standard InChI is InChI=1S/C8H16N3O3P/c1-2-7(12)10-4-6-15(14)5-3-8(13)11-9/h2-6,9H2,1H3,(H-,10,11,12,13)/p+1. The molecule has 7 heteroatoms. The summed E-state index contributed by atoms with van der Waals surface area (Å²) in [6, 6.07) is 0. The molecule has 0 rings (SSSR count).